The van der Waals surface area contributed by atoms with Gasteiger partial charge >= 0.3 is 0 Å². The number of pyridine rings is 2. The molecule has 1 aliphatic heterocycles. The fraction of sp³-hybridized carbons (Fsp3) is 0.111. The first-order valence-electron chi connectivity index (χ1n) is 7.03. The average Bonchev–Trinajstić information content (AvgIpc) is 2.55. The minimum absolute atomic E-state index is 0.193. The van der Waals surface area contributed by atoms with Crippen LogP contribution in [-0.2, 0) is 0 Å². The van der Waals surface area contributed by atoms with Gasteiger partial charge in [0.15, 0.2) is 0 Å². The number of likely N-dealkylation sites (N-methyl/N-ethyl adjacent to an activating group) is 1. The van der Waals surface area contributed by atoms with Crippen LogP contribution in [0.5, 0.6) is 0 Å². The number of anilines is 1. The van der Waals surface area contributed by atoms with E-state index >= 15 is 0 Å². The third kappa shape index (κ3) is 1.89. The van der Waals surface area contributed by atoms with Crippen molar-refractivity contribution >= 4 is 22.7 Å². The Kier molecular flexibility index (Phi) is 2.71. The second-order valence-electron chi connectivity index (χ2n) is 5.28. The third-order valence-corrected chi connectivity index (χ3v) is 4.03. The number of nitrogens with zero attached hydrogens (tertiary/aromatic N) is 3. The van der Waals surface area contributed by atoms with Crippen molar-refractivity contribution in [3.8, 4) is 0 Å². The molecule has 1 unspecified atom stereocenters. The van der Waals surface area contributed by atoms with E-state index in [1.165, 1.54) is 22.2 Å². The molecule has 3 nitrogen and oxygen atoms in total. The SMILES string of the molecule is CN1c2c(ccc3cccnc23)C=CC1c1cccnc1. The molecule has 0 fully saturated rings. The van der Waals surface area contributed by atoms with E-state index in [0.717, 1.165) is 5.52 Å². The topological polar surface area (TPSA) is 29.0 Å². The summed E-state index contributed by atoms with van der Waals surface area (Å²) in [5, 5.41) is 1.17. The van der Waals surface area contributed by atoms with Crippen LogP contribution in [0.4, 0.5) is 5.69 Å². The first kappa shape index (κ1) is 12.1. The fourth-order valence-electron chi connectivity index (χ4n) is 3.00. The minimum Gasteiger partial charge on any atom is -0.362 e. The van der Waals surface area contributed by atoms with Crippen molar-refractivity contribution in [1.82, 2.24) is 9.97 Å². The number of rotatable bonds is 1. The van der Waals surface area contributed by atoms with Crippen molar-refractivity contribution in [2.24, 2.45) is 0 Å². The van der Waals surface area contributed by atoms with Gasteiger partial charge in [0, 0.05) is 31.0 Å². The average molecular weight is 273 g/mol. The molecule has 3 aromatic rings. The van der Waals surface area contributed by atoms with Crippen LogP contribution in [0.3, 0.4) is 0 Å². The summed E-state index contributed by atoms with van der Waals surface area (Å²) in [4.78, 5) is 11.1. The highest BCUT2D eigenvalue weighted by molar-refractivity contribution is 5.96. The van der Waals surface area contributed by atoms with Crippen LogP contribution in [-0.4, -0.2) is 17.0 Å². The number of hydrogen-bond acceptors (Lipinski definition) is 3. The first-order chi connectivity index (χ1) is 10.3. The Bertz CT molecular complexity index is 824. The van der Waals surface area contributed by atoms with E-state index in [1.54, 1.807) is 6.20 Å². The molecule has 0 spiro atoms. The van der Waals surface area contributed by atoms with Gasteiger partial charge in [-0.3, -0.25) is 9.97 Å². The lowest BCUT2D eigenvalue weighted by atomic mass is 9.97. The number of aromatic nitrogens is 2. The van der Waals surface area contributed by atoms with Crippen LogP contribution >= 0.6 is 0 Å². The predicted molar refractivity (Wildman–Crippen MR) is 86.2 cm³/mol. The summed E-state index contributed by atoms with van der Waals surface area (Å²) in [6.45, 7) is 0. The van der Waals surface area contributed by atoms with Crippen molar-refractivity contribution in [3.63, 3.8) is 0 Å². The van der Waals surface area contributed by atoms with Gasteiger partial charge in [-0.1, -0.05) is 36.4 Å². The van der Waals surface area contributed by atoms with Crippen LogP contribution in [0.15, 0.2) is 61.1 Å². The van der Waals surface area contributed by atoms with Gasteiger partial charge in [-0.2, -0.15) is 0 Å². The van der Waals surface area contributed by atoms with Gasteiger partial charge in [0.05, 0.1) is 17.2 Å². The highest BCUT2D eigenvalue weighted by Gasteiger charge is 2.23. The molecule has 21 heavy (non-hydrogen) atoms. The molecule has 1 aliphatic rings. The molecule has 4 rings (SSSR count). The quantitative estimate of drug-likeness (QED) is 0.674. The highest BCUT2D eigenvalue weighted by atomic mass is 15.1. The summed E-state index contributed by atoms with van der Waals surface area (Å²) < 4.78 is 0. The number of benzene rings is 1. The Morgan fingerprint density at radius 1 is 1.05 bits per heavy atom. The molecular weight excluding hydrogens is 258 g/mol. The molecular formula is C18H15N3. The monoisotopic (exact) mass is 273 g/mol. The second kappa shape index (κ2) is 4.70. The van der Waals surface area contributed by atoms with Crippen molar-refractivity contribution < 1.29 is 0 Å². The van der Waals surface area contributed by atoms with Crippen LogP contribution < -0.4 is 4.90 Å². The smallest absolute Gasteiger partial charge is 0.0941 e. The molecule has 0 N–H and O–H groups in total. The van der Waals surface area contributed by atoms with Gasteiger partial charge in [-0.25, -0.2) is 0 Å². The molecule has 2 aromatic heterocycles. The van der Waals surface area contributed by atoms with Crippen molar-refractivity contribution in [2.75, 3.05) is 11.9 Å². The van der Waals surface area contributed by atoms with Gasteiger partial charge in [0.1, 0.15) is 0 Å². The Hall–Kier alpha value is -2.68. The molecule has 3 heteroatoms. The molecule has 0 saturated carbocycles. The van der Waals surface area contributed by atoms with E-state index in [-0.39, 0.29) is 6.04 Å². The molecule has 0 aliphatic carbocycles. The summed E-state index contributed by atoms with van der Waals surface area (Å²) in [6, 6.07) is 12.7. The summed E-state index contributed by atoms with van der Waals surface area (Å²) >= 11 is 0. The van der Waals surface area contributed by atoms with E-state index in [0.29, 0.717) is 0 Å². The molecule has 0 amide bonds. The number of fused-ring (bicyclic) bond motifs is 3. The standard InChI is InChI=1S/C18H15N3/c1-21-16(15-5-2-10-19-12-15)9-8-14-7-6-13-4-3-11-20-17(13)18(14)21/h2-12,16H,1H3. The lowest BCUT2D eigenvalue weighted by Gasteiger charge is -2.33. The Balaban J connectivity index is 1.90. The highest BCUT2D eigenvalue weighted by Crippen LogP contribution is 2.38. The lowest BCUT2D eigenvalue weighted by molar-refractivity contribution is 0.802. The van der Waals surface area contributed by atoms with Gasteiger partial charge in [0.25, 0.3) is 0 Å². The molecule has 1 atom stereocenters. The van der Waals surface area contributed by atoms with E-state index in [1.807, 2.05) is 24.5 Å². The normalized spacial score (nSPS) is 17.0. The predicted octanol–water partition coefficient (Wildman–Crippen LogP) is 3.83. The molecule has 102 valence electrons. The molecule has 0 radical (unpaired) electrons. The summed E-state index contributed by atoms with van der Waals surface area (Å²) in [5.74, 6) is 0. The summed E-state index contributed by atoms with van der Waals surface area (Å²) in [7, 11) is 2.12. The van der Waals surface area contributed by atoms with Crippen LogP contribution in [0.1, 0.15) is 17.2 Å². The molecule has 1 aromatic carbocycles. The maximum Gasteiger partial charge on any atom is 0.0941 e. The molecule has 0 saturated heterocycles. The Morgan fingerprint density at radius 3 is 2.81 bits per heavy atom. The van der Waals surface area contributed by atoms with Crippen LogP contribution in [0.25, 0.3) is 17.0 Å². The molecule has 0 bridgehead atoms. The van der Waals surface area contributed by atoms with Gasteiger partial charge in [0.2, 0.25) is 0 Å². The third-order valence-electron chi connectivity index (χ3n) is 4.03. The summed E-state index contributed by atoms with van der Waals surface area (Å²) in [5.41, 5.74) is 4.64. The zero-order valence-electron chi connectivity index (χ0n) is 11.8. The minimum atomic E-state index is 0.193. The van der Waals surface area contributed by atoms with E-state index in [2.05, 4.69) is 58.3 Å². The maximum absolute atomic E-state index is 4.58. The van der Waals surface area contributed by atoms with Gasteiger partial charge in [-0.05, 0) is 23.3 Å². The number of hydrogen-bond donors (Lipinski definition) is 0. The van der Waals surface area contributed by atoms with Gasteiger partial charge < -0.3 is 4.90 Å². The largest absolute Gasteiger partial charge is 0.362 e. The van der Waals surface area contributed by atoms with E-state index in [4.69, 9.17) is 0 Å². The van der Waals surface area contributed by atoms with Crippen molar-refractivity contribution in [3.05, 3.63) is 72.2 Å². The van der Waals surface area contributed by atoms with Crippen LogP contribution in [0, 0.1) is 0 Å². The maximum atomic E-state index is 4.58. The fourth-order valence-corrected chi connectivity index (χ4v) is 3.00. The Labute approximate surface area is 123 Å². The van der Waals surface area contributed by atoms with Crippen LogP contribution in [0.2, 0.25) is 0 Å². The van der Waals surface area contributed by atoms with Crippen molar-refractivity contribution in [1.29, 1.82) is 0 Å². The van der Waals surface area contributed by atoms with E-state index < -0.39 is 0 Å². The second-order valence-corrected chi connectivity index (χ2v) is 5.28. The summed E-state index contributed by atoms with van der Waals surface area (Å²) in [6.07, 6.45) is 9.99. The van der Waals surface area contributed by atoms with Gasteiger partial charge in [-0.15, -0.1) is 0 Å². The zero-order chi connectivity index (χ0) is 14.2. The first-order valence-corrected chi connectivity index (χ1v) is 7.03. The zero-order valence-corrected chi connectivity index (χ0v) is 11.8. The Morgan fingerprint density at radius 2 is 1.95 bits per heavy atom. The van der Waals surface area contributed by atoms with Crippen molar-refractivity contribution in [2.45, 2.75) is 6.04 Å². The van der Waals surface area contributed by atoms with E-state index in [9.17, 15) is 0 Å². The lowest BCUT2D eigenvalue weighted by Crippen LogP contribution is -2.26. The molecule has 3 heterocycles.